The van der Waals surface area contributed by atoms with E-state index >= 15 is 0 Å². The Bertz CT molecular complexity index is 67.5. The van der Waals surface area contributed by atoms with Gasteiger partial charge in [-0.2, -0.15) is 5.10 Å². The second-order valence-corrected chi connectivity index (χ2v) is 0.445. The number of hydrogen-bond acceptors (Lipinski definition) is 2. The lowest BCUT2D eigenvalue weighted by molar-refractivity contribution is 1.27. The Labute approximate surface area is 30.7 Å². The molecule has 0 amide bonds. The van der Waals surface area contributed by atoms with Crippen molar-refractivity contribution in [3.63, 3.8) is 0 Å². The molecule has 2 N–H and O–H groups in total. The summed E-state index contributed by atoms with van der Waals surface area (Å²) >= 11 is 0. The smallest absolute Gasteiger partial charge is 0.0960 e. The number of nitrogens with zero attached hydrogens (tertiary/aromatic N) is 1. The van der Waals surface area contributed by atoms with E-state index in [4.69, 9.17) is 0 Å². The number of nitrogens with two attached hydrogens (primary N) is 1. The Kier molecular flexibility index (Phi) is 2.44. The molecule has 5 heavy (non-hydrogen) atoms. The van der Waals surface area contributed by atoms with Crippen molar-refractivity contribution in [1.29, 1.82) is 0 Å². The Hall–Kier alpha value is -0.970. The van der Waals surface area contributed by atoms with Crippen LogP contribution in [0.1, 0.15) is 0 Å². The van der Waals surface area contributed by atoms with E-state index in [1.165, 1.54) is 6.21 Å². The summed E-state index contributed by atoms with van der Waals surface area (Å²) in [4.78, 5) is 0. The molecule has 0 radical (unpaired) electrons. The molecule has 0 aromatic heterocycles. The van der Waals surface area contributed by atoms with Crippen molar-refractivity contribution >= 4 is 6.21 Å². The number of hydrazone groups is 1. The van der Waals surface area contributed by atoms with Crippen molar-refractivity contribution in [3.8, 4) is 12.3 Å². The Morgan fingerprint density at radius 1 is 2.00 bits per heavy atom. The van der Waals surface area contributed by atoms with Gasteiger partial charge < -0.3 is 5.84 Å². The summed E-state index contributed by atoms with van der Waals surface area (Å²) in [7, 11) is 0. The third-order valence-electron chi connectivity index (χ3n) is 0.149. The predicted octanol–water partition coefficient (Wildman–Crippen LogP) is -0.436. The van der Waals surface area contributed by atoms with Crippen molar-refractivity contribution < 1.29 is 0 Å². The molecule has 0 aliphatic rings. The molecule has 0 bridgehead atoms. The fourth-order valence-electron chi connectivity index (χ4n) is 0.0430. The van der Waals surface area contributed by atoms with Gasteiger partial charge in [-0.05, 0) is 0 Å². The molecule has 0 saturated carbocycles. The lowest BCUT2D eigenvalue weighted by Gasteiger charge is -1.56. The van der Waals surface area contributed by atoms with Gasteiger partial charge in [0.15, 0.2) is 0 Å². The Balaban J connectivity index is 3.04. The maximum atomic E-state index is 4.66. The number of hydrogen-bond donors (Lipinski definition) is 1. The van der Waals surface area contributed by atoms with E-state index in [0.29, 0.717) is 0 Å². The maximum Gasteiger partial charge on any atom is 0.0960 e. The van der Waals surface area contributed by atoms with Crippen LogP contribution in [-0.4, -0.2) is 6.21 Å². The highest BCUT2D eigenvalue weighted by atomic mass is 15.1. The molecule has 0 spiro atoms. The van der Waals surface area contributed by atoms with Crippen molar-refractivity contribution in [2.75, 3.05) is 0 Å². The summed E-state index contributed by atoms with van der Waals surface area (Å²) in [5.74, 6) is 6.67. The molecule has 0 aromatic carbocycles. The average Bonchev–Trinajstić information content (AvgIpc) is 1.41. The Morgan fingerprint density at radius 3 is 2.60 bits per heavy atom. The van der Waals surface area contributed by atoms with Gasteiger partial charge in [0, 0.05) is 0 Å². The average molecular weight is 68.1 g/mol. The molecule has 0 fully saturated rings. The molecule has 0 aromatic rings. The van der Waals surface area contributed by atoms with E-state index in [-0.39, 0.29) is 0 Å². The van der Waals surface area contributed by atoms with Crippen LogP contribution in [0.3, 0.4) is 0 Å². The maximum absolute atomic E-state index is 4.66. The van der Waals surface area contributed by atoms with Gasteiger partial charge in [-0.15, -0.1) is 6.42 Å². The van der Waals surface area contributed by atoms with E-state index in [1.807, 2.05) is 0 Å². The van der Waals surface area contributed by atoms with Gasteiger partial charge in [-0.3, -0.25) is 0 Å². The van der Waals surface area contributed by atoms with Gasteiger partial charge in [0.05, 0.1) is 6.21 Å². The SMILES string of the molecule is C#CC=NN. The largest absolute Gasteiger partial charge is 0.323 e. The normalized spacial score (nSPS) is 7.80. The topological polar surface area (TPSA) is 38.4 Å². The summed E-state index contributed by atoms with van der Waals surface area (Å²) in [5, 5.41) is 2.99. The zero-order chi connectivity index (χ0) is 4.12. The standard InChI is InChI=1S/C3H4N2/c1-2-3-5-4/h1,3H,4H2. The number of terminal acetylenes is 1. The molecule has 26 valence electrons. The predicted molar refractivity (Wildman–Crippen MR) is 21.5 cm³/mol. The van der Waals surface area contributed by atoms with Crippen LogP contribution in [0.4, 0.5) is 0 Å². The number of rotatable bonds is 0. The van der Waals surface area contributed by atoms with Crippen LogP contribution in [0.25, 0.3) is 0 Å². The molecule has 2 nitrogen and oxygen atoms in total. The van der Waals surface area contributed by atoms with Gasteiger partial charge >= 0.3 is 0 Å². The summed E-state index contributed by atoms with van der Waals surface area (Å²) < 4.78 is 0. The highest BCUT2D eigenvalue weighted by Crippen LogP contribution is 1.34. The minimum absolute atomic E-state index is 1.18. The lowest BCUT2D eigenvalue weighted by Crippen LogP contribution is -1.76. The van der Waals surface area contributed by atoms with Gasteiger partial charge in [0.2, 0.25) is 0 Å². The van der Waals surface area contributed by atoms with Crippen LogP contribution in [0.15, 0.2) is 5.10 Å². The van der Waals surface area contributed by atoms with Gasteiger partial charge in [0.25, 0.3) is 0 Å². The van der Waals surface area contributed by atoms with Gasteiger partial charge in [0.1, 0.15) is 0 Å². The van der Waals surface area contributed by atoms with Gasteiger partial charge in [-0.25, -0.2) is 0 Å². The van der Waals surface area contributed by atoms with Crippen LogP contribution < -0.4 is 5.84 Å². The van der Waals surface area contributed by atoms with E-state index in [2.05, 4.69) is 23.3 Å². The second kappa shape index (κ2) is 3.03. The third kappa shape index (κ3) is 3.03. The minimum Gasteiger partial charge on any atom is -0.323 e. The van der Waals surface area contributed by atoms with Crippen molar-refractivity contribution in [2.45, 2.75) is 0 Å². The summed E-state index contributed by atoms with van der Waals surface area (Å²) in [6, 6.07) is 0. The molecular formula is C3H4N2. The first-order chi connectivity index (χ1) is 2.41. The fraction of sp³-hybridized carbons (Fsp3) is 0. The quantitative estimate of drug-likeness (QED) is 0.178. The van der Waals surface area contributed by atoms with Crippen molar-refractivity contribution in [3.05, 3.63) is 0 Å². The van der Waals surface area contributed by atoms with E-state index in [0.717, 1.165) is 0 Å². The van der Waals surface area contributed by atoms with Crippen molar-refractivity contribution in [1.82, 2.24) is 0 Å². The third-order valence-corrected chi connectivity index (χ3v) is 0.149. The molecular weight excluding hydrogens is 64.0 g/mol. The first-order valence-electron chi connectivity index (χ1n) is 1.09. The Morgan fingerprint density at radius 2 is 2.60 bits per heavy atom. The first kappa shape index (κ1) is 4.03. The summed E-state index contributed by atoms with van der Waals surface area (Å²) in [6.45, 7) is 0. The van der Waals surface area contributed by atoms with E-state index < -0.39 is 0 Å². The minimum atomic E-state index is 1.18. The highest BCUT2D eigenvalue weighted by Gasteiger charge is 1.40. The first-order valence-corrected chi connectivity index (χ1v) is 1.09. The molecule has 0 aliphatic heterocycles. The highest BCUT2D eigenvalue weighted by molar-refractivity contribution is 5.76. The lowest BCUT2D eigenvalue weighted by atomic mass is 10.8. The molecule has 0 rings (SSSR count). The monoisotopic (exact) mass is 68.0 g/mol. The molecule has 0 unspecified atom stereocenters. The zero-order valence-electron chi connectivity index (χ0n) is 2.68. The van der Waals surface area contributed by atoms with E-state index in [9.17, 15) is 0 Å². The van der Waals surface area contributed by atoms with Crippen LogP contribution in [0.2, 0.25) is 0 Å². The van der Waals surface area contributed by atoms with E-state index in [1.54, 1.807) is 0 Å². The zero-order valence-corrected chi connectivity index (χ0v) is 2.68. The molecule has 0 atom stereocenters. The van der Waals surface area contributed by atoms with Crippen molar-refractivity contribution in [2.24, 2.45) is 10.9 Å². The molecule has 0 heterocycles. The van der Waals surface area contributed by atoms with Crippen LogP contribution in [0.5, 0.6) is 0 Å². The summed E-state index contributed by atoms with van der Waals surface area (Å²) in [5.41, 5.74) is 0. The summed E-state index contributed by atoms with van der Waals surface area (Å²) in [6.07, 6.45) is 5.84. The molecule has 2 heteroatoms. The van der Waals surface area contributed by atoms with Crippen LogP contribution in [-0.2, 0) is 0 Å². The fourth-order valence-corrected chi connectivity index (χ4v) is 0.0430. The second-order valence-electron chi connectivity index (χ2n) is 0.445. The van der Waals surface area contributed by atoms with Crippen LogP contribution in [0, 0.1) is 12.3 Å². The molecule has 0 aliphatic carbocycles. The van der Waals surface area contributed by atoms with Crippen LogP contribution >= 0.6 is 0 Å². The molecule has 0 saturated heterocycles. The van der Waals surface area contributed by atoms with Gasteiger partial charge in [-0.1, -0.05) is 5.92 Å².